The lowest BCUT2D eigenvalue weighted by molar-refractivity contribution is 0.102. The van der Waals surface area contributed by atoms with Gasteiger partial charge in [-0.15, -0.1) is 0 Å². The number of nitrogens with one attached hydrogen (secondary N) is 1. The van der Waals surface area contributed by atoms with Crippen LogP contribution in [0.15, 0.2) is 54.7 Å². The van der Waals surface area contributed by atoms with Gasteiger partial charge in [-0.2, -0.15) is 5.10 Å². The van der Waals surface area contributed by atoms with Crippen LogP contribution >= 0.6 is 0 Å². The lowest BCUT2D eigenvalue weighted by Crippen LogP contribution is -2.14. The Morgan fingerprint density at radius 1 is 1.12 bits per heavy atom. The van der Waals surface area contributed by atoms with Gasteiger partial charge in [0.1, 0.15) is 0 Å². The van der Waals surface area contributed by atoms with Crippen molar-refractivity contribution in [2.24, 2.45) is 0 Å². The van der Waals surface area contributed by atoms with Gasteiger partial charge in [0.15, 0.2) is 11.6 Å². The van der Waals surface area contributed by atoms with E-state index < -0.39 is 17.5 Å². The lowest BCUT2D eigenvalue weighted by Gasteiger charge is -2.08. The SMILES string of the molecule is CCc1c(C(=O)Nc2ccc(F)c(F)c2)cnn1-c1ccccc1. The fourth-order valence-corrected chi connectivity index (χ4v) is 2.47. The summed E-state index contributed by atoms with van der Waals surface area (Å²) in [5, 5.41) is 6.84. The molecule has 1 heterocycles. The average molecular weight is 327 g/mol. The van der Waals surface area contributed by atoms with Gasteiger partial charge in [0.2, 0.25) is 0 Å². The van der Waals surface area contributed by atoms with Crippen molar-refractivity contribution in [2.75, 3.05) is 5.32 Å². The molecule has 6 heteroatoms. The second-order valence-corrected chi connectivity index (χ2v) is 5.19. The Bertz CT molecular complexity index is 875. The van der Waals surface area contributed by atoms with Gasteiger partial charge in [-0.05, 0) is 30.7 Å². The van der Waals surface area contributed by atoms with E-state index in [1.54, 1.807) is 4.68 Å². The topological polar surface area (TPSA) is 46.9 Å². The molecule has 0 bridgehead atoms. The Morgan fingerprint density at radius 2 is 1.88 bits per heavy atom. The molecular weight excluding hydrogens is 312 g/mol. The standard InChI is InChI=1S/C18H15F2N3O/c1-2-17-14(11-21-23(17)13-6-4-3-5-7-13)18(24)22-12-8-9-15(19)16(20)10-12/h3-11H,2H2,1H3,(H,22,24). The third-order valence-electron chi connectivity index (χ3n) is 3.63. The molecule has 0 aliphatic carbocycles. The van der Waals surface area contributed by atoms with E-state index in [2.05, 4.69) is 10.4 Å². The number of benzene rings is 2. The Balaban J connectivity index is 1.90. The maximum absolute atomic E-state index is 13.3. The first kappa shape index (κ1) is 15.9. The molecule has 0 radical (unpaired) electrons. The molecule has 0 unspecified atom stereocenters. The van der Waals surface area contributed by atoms with Crippen LogP contribution in [0.25, 0.3) is 5.69 Å². The van der Waals surface area contributed by atoms with E-state index in [4.69, 9.17) is 0 Å². The Hall–Kier alpha value is -3.02. The van der Waals surface area contributed by atoms with Crippen LogP contribution in [-0.4, -0.2) is 15.7 Å². The number of nitrogens with zero attached hydrogens (tertiary/aromatic N) is 2. The van der Waals surface area contributed by atoms with Gasteiger partial charge in [-0.25, -0.2) is 13.5 Å². The molecule has 0 spiro atoms. The second-order valence-electron chi connectivity index (χ2n) is 5.19. The molecule has 0 aliphatic rings. The number of rotatable bonds is 4. The summed E-state index contributed by atoms with van der Waals surface area (Å²) in [6.07, 6.45) is 2.07. The van der Waals surface area contributed by atoms with E-state index in [0.717, 1.165) is 23.5 Å². The second kappa shape index (κ2) is 6.62. The van der Waals surface area contributed by atoms with Gasteiger partial charge in [0, 0.05) is 11.8 Å². The molecule has 3 rings (SSSR count). The zero-order valence-electron chi connectivity index (χ0n) is 13.0. The number of hydrogen-bond acceptors (Lipinski definition) is 2. The van der Waals surface area contributed by atoms with E-state index in [1.165, 1.54) is 12.3 Å². The first-order chi connectivity index (χ1) is 11.6. The van der Waals surface area contributed by atoms with E-state index in [9.17, 15) is 13.6 Å². The van der Waals surface area contributed by atoms with Crippen LogP contribution in [-0.2, 0) is 6.42 Å². The molecule has 122 valence electrons. The van der Waals surface area contributed by atoms with Gasteiger partial charge in [-0.1, -0.05) is 25.1 Å². The predicted molar refractivity (Wildman–Crippen MR) is 87.3 cm³/mol. The summed E-state index contributed by atoms with van der Waals surface area (Å²) in [7, 11) is 0. The van der Waals surface area contributed by atoms with Gasteiger partial charge < -0.3 is 5.32 Å². The molecule has 2 aromatic carbocycles. The van der Waals surface area contributed by atoms with Crippen LogP contribution in [0.4, 0.5) is 14.5 Å². The number of hydrogen-bond donors (Lipinski definition) is 1. The lowest BCUT2D eigenvalue weighted by atomic mass is 10.1. The van der Waals surface area contributed by atoms with Gasteiger partial charge >= 0.3 is 0 Å². The van der Waals surface area contributed by atoms with Gasteiger partial charge in [-0.3, -0.25) is 4.79 Å². The number of para-hydroxylation sites is 1. The minimum Gasteiger partial charge on any atom is -0.322 e. The molecular formula is C18H15F2N3O. The smallest absolute Gasteiger partial charge is 0.259 e. The molecule has 1 N–H and O–H groups in total. The van der Waals surface area contributed by atoms with E-state index >= 15 is 0 Å². The highest BCUT2D eigenvalue weighted by atomic mass is 19.2. The summed E-state index contributed by atoms with van der Waals surface area (Å²) in [5.74, 6) is -2.39. The van der Waals surface area contributed by atoms with Crippen molar-refractivity contribution in [1.29, 1.82) is 0 Å². The quantitative estimate of drug-likeness (QED) is 0.788. The Kier molecular flexibility index (Phi) is 4.37. The highest BCUT2D eigenvalue weighted by Crippen LogP contribution is 2.18. The number of halogens is 2. The average Bonchev–Trinajstić information content (AvgIpc) is 3.03. The van der Waals surface area contributed by atoms with Gasteiger partial charge in [0.05, 0.1) is 23.1 Å². The predicted octanol–water partition coefficient (Wildman–Crippen LogP) is 3.97. The highest BCUT2D eigenvalue weighted by molar-refractivity contribution is 6.05. The molecule has 1 aromatic heterocycles. The Labute approximate surface area is 137 Å². The normalized spacial score (nSPS) is 10.6. The van der Waals surface area contributed by atoms with Crippen molar-refractivity contribution in [1.82, 2.24) is 9.78 Å². The number of amides is 1. The van der Waals surface area contributed by atoms with Crippen molar-refractivity contribution < 1.29 is 13.6 Å². The minimum absolute atomic E-state index is 0.188. The van der Waals surface area contributed by atoms with E-state index in [0.29, 0.717) is 12.0 Å². The van der Waals surface area contributed by atoms with Crippen molar-refractivity contribution in [3.63, 3.8) is 0 Å². The third kappa shape index (κ3) is 3.03. The van der Waals surface area contributed by atoms with Crippen molar-refractivity contribution in [3.8, 4) is 5.69 Å². The largest absolute Gasteiger partial charge is 0.322 e. The minimum atomic E-state index is -1.01. The summed E-state index contributed by atoms with van der Waals surface area (Å²) in [6.45, 7) is 1.92. The molecule has 0 fully saturated rings. The summed E-state index contributed by atoms with van der Waals surface area (Å²) < 4.78 is 27.9. The zero-order valence-corrected chi connectivity index (χ0v) is 13.0. The summed E-state index contributed by atoms with van der Waals surface area (Å²) in [6, 6.07) is 12.7. The molecule has 0 atom stereocenters. The first-order valence-electron chi connectivity index (χ1n) is 7.49. The number of aromatic nitrogens is 2. The van der Waals surface area contributed by atoms with Crippen LogP contribution in [0.5, 0.6) is 0 Å². The molecule has 0 saturated carbocycles. The van der Waals surface area contributed by atoms with Crippen LogP contribution in [0.3, 0.4) is 0 Å². The van der Waals surface area contributed by atoms with Crippen molar-refractivity contribution >= 4 is 11.6 Å². The molecule has 0 saturated heterocycles. The molecule has 24 heavy (non-hydrogen) atoms. The monoisotopic (exact) mass is 327 g/mol. The fourth-order valence-electron chi connectivity index (χ4n) is 2.47. The highest BCUT2D eigenvalue weighted by Gasteiger charge is 2.17. The van der Waals surface area contributed by atoms with Crippen LogP contribution < -0.4 is 5.32 Å². The van der Waals surface area contributed by atoms with E-state index in [1.807, 2.05) is 37.3 Å². The molecule has 4 nitrogen and oxygen atoms in total. The van der Waals surface area contributed by atoms with Crippen LogP contribution in [0.2, 0.25) is 0 Å². The van der Waals surface area contributed by atoms with Crippen LogP contribution in [0, 0.1) is 11.6 Å². The zero-order chi connectivity index (χ0) is 17.1. The summed E-state index contributed by atoms with van der Waals surface area (Å²) in [5.41, 5.74) is 2.17. The number of anilines is 1. The molecule has 0 aliphatic heterocycles. The summed E-state index contributed by atoms with van der Waals surface area (Å²) >= 11 is 0. The van der Waals surface area contributed by atoms with Crippen LogP contribution in [0.1, 0.15) is 23.0 Å². The van der Waals surface area contributed by atoms with Crippen molar-refractivity contribution in [2.45, 2.75) is 13.3 Å². The maximum Gasteiger partial charge on any atom is 0.259 e. The number of carbonyl (C=O) groups excluding carboxylic acids is 1. The third-order valence-corrected chi connectivity index (χ3v) is 3.63. The fraction of sp³-hybridized carbons (Fsp3) is 0.111. The maximum atomic E-state index is 13.3. The van der Waals surface area contributed by atoms with Gasteiger partial charge in [0.25, 0.3) is 5.91 Å². The number of carbonyl (C=O) groups is 1. The van der Waals surface area contributed by atoms with E-state index in [-0.39, 0.29) is 5.69 Å². The Morgan fingerprint density at radius 3 is 2.54 bits per heavy atom. The molecule has 1 amide bonds. The molecule has 3 aromatic rings. The van der Waals surface area contributed by atoms with Crippen molar-refractivity contribution in [3.05, 3.63) is 77.6 Å². The summed E-state index contributed by atoms with van der Waals surface area (Å²) in [4.78, 5) is 12.5. The first-order valence-corrected chi connectivity index (χ1v) is 7.49.